The predicted molar refractivity (Wildman–Crippen MR) is 137 cm³/mol. The minimum Gasteiger partial charge on any atom is -0.496 e. The molecule has 3 aromatic heterocycles. The lowest BCUT2D eigenvalue weighted by Crippen LogP contribution is -2.29. The Hall–Kier alpha value is -3.93. The van der Waals surface area contributed by atoms with Gasteiger partial charge in [-0.15, -0.1) is 0 Å². The van der Waals surface area contributed by atoms with E-state index in [0.717, 1.165) is 6.26 Å². The summed E-state index contributed by atoms with van der Waals surface area (Å²) in [5, 5.41) is 0. The van der Waals surface area contributed by atoms with Crippen LogP contribution in [-0.4, -0.2) is 60.8 Å². The van der Waals surface area contributed by atoms with Crippen LogP contribution in [0.2, 0.25) is 0 Å². The fourth-order valence-electron chi connectivity index (χ4n) is 4.24. The van der Waals surface area contributed by atoms with Crippen LogP contribution in [0, 0.1) is 12.7 Å². The van der Waals surface area contributed by atoms with Crippen molar-refractivity contribution in [2.75, 3.05) is 32.8 Å². The molecule has 0 spiro atoms. The number of hydrogen-bond acceptors (Lipinski definition) is 8. The highest BCUT2D eigenvalue weighted by molar-refractivity contribution is 7.90. The molecule has 0 unspecified atom stereocenters. The van der Waals surface area contributed by atoms with Gasteiger partial charge in [-0.2, -0.15) is 0 Å². The summed E-state index contributed by atoms with van der Waals surface area (Å²) in [6, 6.07) is 6.30. The number of aromatic nitrogens is 4. The van der Waals surface area contributed by atoms with Gasteiger partial charge >= 0.3 is 5.69 Å². The van der Waals surface area contributed by atoms with Crippen LogP contribution < -0.4 is 19.9 Å². The lowest BCUT2D eigenvalue weighted by atomic mass is 10.0. The Morgan fingerprint density at radius 3 is 2.46 bits per heavy atom. The third-order valence-corrected chi connectivity index (χ3v) is 6.83. The lowest BCUT2D eigenvalue weighted by Gasteiger charge is -2.19. The van der Waals surface area contributed by atoms with Crippen molar-refractivity contribution in [3.8, 4) is 28.5 Å². The van der Waals surface area contributed by atoms with Crippen LogP contribution >= 0.6 is 0 Å². The van der Waals surface area contributed by atoms with Gasteiger partial charge in [0.05, 0.1) is 43.8 Å². The van der Waals surface area contributed by atoms with Crippen molar-refractivity contribution < 1.29 is 27.0 Å². The highest BCUT2D eigenvalue weighted by Crippen LogP contribution is 2.35. The number of nitrogens with one attached hydrogen (secondary N) is 1. The zero-order chi connectivity index (χ0) is 26.9. The molecule has 4 rings (SSSR count). The molecule has 1 aromatic carbocycles. The number of methoxy groups -OCH3 is 2. The van der Waals surface area contributed by atoms with Crippen molar-refractivity contribution in [2.24, 2.45) is 0 Å². The fourth-order valence-corrected chi connectivity index (χ4v) is 5.13. The van der Waals surface area contributed by atoms with Gasteiger partial charge in [0.25, 0.3) is 5.88 Å². The second-order valence-electron chi connectivity index (χ2n) is 8.43. The van der Waals surface area contributed by atoms with Gasteiger partial charge in [-0.25, -0.2) is 27.6 Å². The Labute approximate surface area is 213 Å². The van der Waals surface area contributed by atoms with E-state index in [1.807, 2.05) is 0 Å². The van der Waals surface area contributed by atoms with Crippen LogP contribution in [0.15, 0.2) is 41.3 Å². The summed E-state index contributed by atoms with van der Waals surface area (Å²) in [4.78, 5) is 25.0. The van der Waals surface area contributed by atoms with E-state index in [1.165, 1.54) is 43.2 Å². The minimum absolute atomic E-state index is 0.179. The van der Waals surface area contributed by atoms with Crippen molar-refractivity contribution in [3.05, 3.63) is 64.1 Å². The second kappa shape index (κ2) is 10.2. The van der Waals surface area contributed by atoms with E-state index in [4.69, 9.17) is 14.2 Å². The summed E-state index contributed by atoms with van der Waals surface area (Å²) in [7, 11) is -0.626. The van der Waals surface area contributed by atoms with Crippen molar-refractivity contribution in [2.45, 2.75) is 19.9 Å². The lowest BCUT2D eigenvalue weighted by molar-refractivity contribution is 0.296. The number of fused-ring (bicyclic) bond motifs is 1. The maximum Gasteiger partial charge on any atom is 0.328 e. The highest BCUT2D eigenvalue weighted by atomic mass is 32.2. The summed E-state index contributed by atoms with van der Waals surface area (Å²) >= 11 is 0. The van der Waals surface area contributed by atoms with E-state index in [9.17, 15) is 17.6 Å². The Morgan fingerprint density at radius 1 is 1.11 bits per heavy atom. The average Bonchev–Trinajstić information content (AvgIpc) is 3.19. The molecule has 12 heteroatoms. The molecule has 0 amide bonds. The fraction of sp³-hybridized carbons (Fsp3) is 0.320. The number of hydrogen-bond donors (Lipinski definition) is 1. The molecule has 10 nitrogen and oxygen atoms in total. The molecule has 0 bridgehead atoms. The molecule has 0 fully saturated rings. The Morgan fingerprint density at radius 2 is 1.81 bits per heavy atom. The van der Waals surface area contributed by atoms with Crippen molar-refractivity contribution in [3.63, 3.8) is 0 Å². The first kappa shape index (κ1) is 26.1. The molecule has 1 N–H and O–H groups in total. The van der Waals surface area contributed by atoms with Crippen LogP contribution in [0.3, 0.4) is 0 Å². The molecule has 0 aliphatic rings. The monoisotopic (exact) mass is 530 g/mol. The first-order valence-electron chi connectivity index (χ1n) is 11.4. The molecular formula is C25H27FN4O6S. The van der Waals surface area contributed by atoms with E-state index < -0.39 is 33.1 Å². The zero-order valence-electron chi connectivity index (χ0n) is 21.0. The predicted octanol–water partition coefficient (Wildman–Crippen LogP) is 3.28. The quantitative estimate of drug-likeness (QED) is 0.350. The number of aromatic amines is 1. The molecule has 0 radical (unpaired) electrons. The van der Waals surface area contributed by atoms with E-state index in [0.29, 0.717) is 40.3 Å². The molecule has 3 heterocycles. The third kappa shape index (κ3) is 5.15. The summed E-state index contributed by atoms with van der Waals surface area (Å²) in [5.41, 5.74) is 1.95. The zero-order valence-corrected chi connectivity index (χ0v) is 21.8. The Balaban J connectivity index is 1.94. The molecule has 0 aliphatic carbocycles. The second-order valence-corrected chi connectivity index (χ2v) is 10.6. The number of benzene rings is 1. The average molecular weight is 531 g/mol. The van der Waals surface area contributed by atoms with E-state index in [1.54, 1.807) is 26.0 Å². The van der Waals surface area contributed by atoms with E-state index in [2.05, 4.69) is 15.0 Å². The maximum absolute atomic E-state index is 14.1. The molecule has 0 saturated heterocycles. The number of rotatable bonds is 9. The standard InChI is InChI=1S/C25H27FN4O6S/c1-6-36-24-21(35-4)10-8-18(28-24)19(13-37(5,32)33)30-23-22(29-25(30)31)14(2)17(12-27-23)16-11-15(26)7-9-20(16)34-3/h7-12,19H,6,13H2,1-5H3,(H,29,31)/t19-/m1/s1. The number of halogens is 1. The van der Waals surface area contributed by atoms with Crippen LogP contribution in [0.4, 0.5) is 4.39 Å². The maximum atomic E-state index is 14.1. The molecule has 196 valence electrons. The highest BCUT2D eigenvalue weighted by Gasteiger charge is 2.28. The smallest absolute Gasteiger partial charge is 0.328 e. The first-order valence-corrected chi connectivity index (χ1v) is 13.4. The summed E-state index contributed by atoms with van der Waals surface area (Å²) in [5.74, 6) is 0.125. The summed E-state index contributed by atoms with van der Waals surface area (Å²) in [6.45, 7) is 3.85. The Kier molecular flexibility index (Phi) is 7.21. The van der Waals surface area contributed by atoms with Gasteiger partial charge in [0.15, 0.2) is 11.4 Å². The Bertz CT molecular complexity index is 1630. The van der Waals surface area contributed by atoms with Crippen molar-refractivity contribution in [1.82, 2.24) is 19.5 Å². The SMILES string of the molecule is CCOc1nc([C@@H](CS(C)(=O)=O)n2c(=O)[nH]c3c(C)c(-c4cc(F)ccc4OC)cnc32)ccc1OC. The normalized spacial score (nSPS) is 12.5. The van der Waals surface area contributed by atoms with Gasteiger partial charge in [0.2, 0.25) is 0 Å². The molecule has 4 aromatic rings. The number of sulfone groups is 1. The van der Waals surface area contributed by atoms with Crippen LogP contribution in [0.5, 0.6) is 17.4 Å². The molecule has 0 saturated carbocycles. The van der Waals surface area contributed by atoms with E-state index >= 15 is 0 Å². The number of H-pyrrole nitrogens is 1. The number of nitrogens with zero attached hydrogens (tertiary/aromatic N) is 3. The van der Waals surface area contributed by atoms with E-state index in [-0.39, 0.29) is 17.2 Å². The summed E-state index contributed by atoms with van der Waals surface area (Å²) in [6.07, 6.45) is 2.59. The summed E-state index contributed by atoms with van der Waals surface area (Å²) < 4.78 is 56.4. The molecular weight excluding hydrogens is 503 g/mol. The minimum atomic E-state index is -3.57. The van der Waals surface area contributed by atoms with Crippen LogP contribution in [0.25, 0.3) is 22.3 Å². The largest absolute Gasteiger partial charge is 0.496 e. The number of ether oxygens (including phenoxy) is 3. The van der Waals surface area contributed by atoms with Gasteiger partial charge in [0.1, 0.15) is 21.4 Å². The van der Waals surface area contributed by atoms with Gasteiger partial charge in [-0.1, -0.05) is 0 Å². The number of imidazole rings is 1. The number of pyridine rings is 2. The molecule has 0 aliphatic heterocycles. The van der Waals surface area contributed by atoms with Crippen LogP contribution in [0.1, 0.15) is 24.2 Å². The number of aryl methyl sites for hydroxylation is 1. The molecule has 1 atom stereocenters. The third-order valence-electron chi connectivity index (χ3n) is 5.91. The van der Waals surface area contributed by atoms with Gasteiger partial charge < -0.3 is 19.2 Å². The van der Waals surface area contributed by atoms with Gasteiger partial charge in [-0.05, 0) is 49.7 Å². The van der Waals surface area contributed by atoms with Gasteiger partial charge in [0, 0.05) is 23.6 Å². The van der Waals surface area contributed by atoms with Crippen molar-refractivity contribution in [1.29, 1.82) is 0 Å². The topological polar surface area (TPSA) is 125 Å². The van der Waals surface area contributed by atoms with Crippen molar-refractivity contribution >= 4 is 21.0 Å². The van der Waals surface area contributed by atoms with Gasteiger partial charge in [-0.3, -0.25) is 4.57 Å². The molecule has 37 heavy (non-hydrogen) atoms. The van der Waals surface area contributed by atoms with Crippen LogP contribution in [-0.2, 0) is 9.84 Å². The first-order chi connectivity index (χ1) is 17.6.